The molecule has 1 heterocycles. The van der Waals surface area contributed by atoms with Crippen LogP contribution in [-0.2, 0) is 6.54 Å². The van der Waals surface area contributed by atoms with Gasteiger partial charge in [-0.15, -0.1) is 0 Å². The Morgan fingerprint density at radius 3 is 2.67 bits per heavy atom. The van der Waals surface area contributed by atoms with Crippen LogP contribution in [0.1, 0.15) is 11.1 Å². The van der Waals surface area contributed by atoms with E-state index in [-0.39, 0.29) is 0 Å². The Morgan fingerprint density at radius 1 is 1.10 bits per heavy atom. The molecule has 2 aromatic carbocycles. The second-order valence-corrected chi connectivity index (χ2v) is 5.06. The van der Waals surface area contributed by atoms with Crippen LogP contribution in [0.15, 0.2) is 54.7 Å². The molecule has 0 bridgehead atoms. The van der Waals surface area contributed by atoms with Gasteiger partial charge in [-0.2, -0.15) is 5.26 Å². The lowest BCUT2D eigenvalue weighted by atomic mass is 10.1. The Hall–Kier alpha value is -2.57. The smallest absolute Gasteiger partial charge is 0.0991 e. The summed E-state index contributed by atoms with van der Waals surface area (Å²) in [4.78, 5) is 4.31. The van der Waals surface area contributed by atoms with Crippen molar-refractivity contribution >= 4 is 28.2 Å². The van der Waals surface area contributed by atoms with E-state index < -0.39 is 0 Å². The van der Waals surface area contributed by atoms with Gasteiger partial charge < -0.3 is 5.32 Å². The van der Waals surface area contributed by atoms with Crippen LogP contribution in [0.2, 0.25) is 5.02 Å². The lowest BCUT2D eigenvalue weighted by Gasteiger charge is -2.10. The molecule has 3 nitrogen and oxygen atoms in total. The highest BCUT2D eigenvalue weighted by molar-refractivity contribution is 6.35. The molecule has 0 aliphatic rings. The summed E-state index contributed by atoms with van der Waals surface area (Å²) in [5.74, 6) is 0. The number of hydrogen-bond acceptors (Lipinski definition) is 3. The molecule has 0 saturated heterocycles. The van der Waals surface area contributed by atoms with Gasteiger partial charge in [0.2, 0.25) is 0 Å². The van der Waals surface area contributed by atoms with Crippen molar-refractivity contribution < 1.29 is 0 Å². The summed E-state index contributed by atoms with van der Waals surface area (Å²) < 4.78 is 0. The second-order valence-electron chi connectivity index (χ2n) is 4.66. The molecular weight excluding hydrogens is 282 g/mol. The van der Waals surface area contributed by atoms with Gasteiger partial charge in [-0.25, -0.2) is 0 Å². The maximum Gasteiger partial charge on any atom is 0.0991 e. The molecular formula is C17H12ClN3. The summed E-state index contributed by atoms with van der Waals surface area (Å²) in [7, 11) is 0. The summed E-state index contributed by atoms with van der Waals surface area (Å²) in [6.45, 7) is 0.678. The first-order valence-corrected chi connectivity index (χ1v) is 6.92. The molecule has 3 rings (SSSR count). The molecule has 0 fully saturated rings. The third-order valence-electron chi connectivity index (χ3n) is 3.29. The van der Waals surface area contributed by atoms with Crippen molar-refractivity contribution in [1.29, 1.82) is 5.26 Å². The molecule has 0 amide bonds. The topological polar surface area (TPSA) is 48.7 Å². The highest BCUT2D eigenvalue weighted by atomic mass is 35.5. The molecule has 1 aromatic heterocycles. The number of aromatic nitrogens is 1. The minimum atomic E-state index is 0.648. The minimum absolute atomic E-state index is 0.648. The zero-order valence-corrected chi connectivity index (χ0v) is 11.9. The predicted molar refractivity (Wildman–Crippen MR) is 85.2 cm³/mol. The van der Waals surface area contributed by atoms with E-state index in [0.29, 0.717) is 17.1 Å². The molecule has 0 saturated carbocycles. The van der Waals surface area contributed by atoms with E-state index in [9.17, 15) is 0 Å². The average Bonchev–Trinajstić information content (AvgIpc) is 2.55. The second kappa shape index (κ2) is 5.82. The van der Waals surface area contributed by atoms with Crippen LogP contribution < -0.4 is 5.32 Å². The van der Waals surface area contributed by atoms with Gasteiger partial charge >= 0.3 is 0 Å². The van der Waals surface area contributed by atoms with E-state index in [1.807, 2.05) is 48.5 Å². The van der Waals surface area contributed by atoms with Crippen molar-refractivity contribution in [3.8, 4) is 6.07 Å². The lowest BCUT2D eigenvalue weighted by Crippen LogP contribution is -2.00. The Balaban J connectivity index is 1.85. The highest BCUT2D eigenvalue weighted by Gasteiger charge is 2.05. The number of rotatable bonds is 3. The quantitative estimate of drug-likeness (QED) is 0.780. The third-order valence-corrected chi connectivity index (χ3v) is 3.59. The van der Waals surface area contributed by atoms with Gasteiger partial charge in [0.25, 0.3) is 0 Å². The number of fused-ring (bicyclic) bond motifs is 1. The number of pyridine rings is 1. The van der Waals surface area contributed by atoms with Gasteiger partial charge in [0, 0.05) is 23.8 Å². The van der Waals surface area contributed by atoms with E-state index in [1.165, 1.54) is 0 Å². The van der Waals surface area contributed by atoms with Crippen molar-refractivity contribution in [3.05, 3.63) is 70.9 Å². The minimum Gasteiger partial charge on any atom is -0.380 e. The molecule has 3 aromatic rings. The molecule has 0 unspecified atom stereocenters. The van der Waals surface area contributed by atoms with Crippen molar-refractivity contribution in [1.82, 2.24) is 4.98 Å². The van der Waals surface area contributed by atoms with E-state index >= 15 is 0 Å². The molecule has 0 radical (unpaired) electrons. The third kappa shape index (κ3) is 2.81. The van der Waals surface area contributed by atoms with E-state index in [0.717, 1.165) is 22.2 Å². The largest absolute Gasteiger partial charge is 0.380 e. The van der Waals surface area contributed by atoms with Gasteiger partial charge in [-0.1, -0.05) is 23.7 Å². The Bertz CT molecular complexity index is 820. The SMILES string of the molecule is N#Cc1ccc(CNc2ccc(Cl)c3ncccc23)cc1. The molecule has 21 heavy (non-hydrogen) atoms. The highest BCUT2D eigenvalue weighted by Crippen LogP contribution is 2.28. The standard InChI is InChI=1S/C17H12ClN3/c18-15-7-8-16(14-2-1-9-20-17(14)15)21-11-13-5-3-12(10-19)4-6-13/h1-9,21H,11H2. The number of halogens is 1. The fraction of sp³-hybridized carbons (Fsp3) is 0.0588. The fourth-order valence-corrected chi connectivity index (χ4v) is 2.40. The van der Waals surface area contributed by atoms with Crippen LogP contribution in [0.4, 0.5) is 5.69 Å². The van der Waals surface area contributed by atoms with E-state index in [1.54, 1.807) is 6.20 Å². The fourth-order valence-electron chi connectivity index (χ4n) is 2.19. The summed E-state index contributed by atoms with van der Waals surface area (Å²) in [6.07, 6.45) is 1.73. The van der Waals surface area contributed by atoms with Crippen LogP contribution >= 0.6 is 11.6 Å². The maximum atomic E-state index is 8.80. The lowest BCUT2D eigenvalue weighted by molar-refractivity contribution is 1.15. The number of benzene rings is 2. The first kappa shape index (κ1) is 13.4. The maximum absolute atomic E-state index is 8.80. The van der Waals surface area contributed by atoms with Crippen molar-refractivity contribution in [2.75, 3.05) is 5.32 Å². The number of nitriles is 1. The van der Waals surface area contributed by atoms with Crippen molar-refractivity contribution in [2.45, 2.75) is 6.54 Å². The van der Waals surface area contributed by atoms with Crippen LogP contribution in [-0.4, -0.2) is 4.98 Å². The number of hydrogen-bond donors (Lipinski definition) is 1. The van der Waals surface area contributed by atoms with Crippen molar-refractivity contribution in [3.63, 3.8) is 0 Å². The molecule has 4 heteroatoms. The van der Waals surface area contributed by atoms with Crippen LogP contribution in [0.5, 0.6) is 0 Å². The zero-order chi connectivity index (χ0) is 14.7. The van der Waals surface area contributed by atoms with Gasteiger partial charge in [0.15, 0.2) is 0 Å². The van der Waals surface area contributed by atoms with E-state index in [4.69, 9.17) is 16.9 Å². The average molecular weight is 294 g/mol. The first-order chi connectivity index (χ1) is 10.3. The Kier molecular flexibility index (Phi) is 3.72. The monoisotopic (exact) mass is 293 g/mol. The molecule has 0 atom stereocenters. The summed E-state index contributed by atoms with van der Waals surface area (Å²) in [6, 6.07) is 17.3. The van der Waals surface area contributed by atoms with Gasteiger partial charge in [0.1, 0.15) is 0 Å². The van der Waals surface area contributed by atoms with Gasteiger partial charge in [-0.3, -0.25) is 4.98 Å². The molecule has 102 valence electrons. The van der Waals surface area contributed by atoms with Gasteiger partial charge in [0.05, 0.1) is 22.2 Å². The molecule has 0 aliphatic heterocycles. The van der Waals surface area contributed by atoms with E-state index in [2.05, 4.69) is 16.4 Å². The van der Waals surface area contributed by atoms with Crippen LogP contribution in [0.25, 0.3) is 10.9 Å². The summed E-state index contributed by atoms with van der Waals surface area (Å²) in [5.41, 5.74) is 3.57. The molecule has 0 aliphatic carbocycles. The van der Waals surface area contributed by atoms with Gasteiger partial charge in [-0.05, 0) is 42.0 Å². The number of nitrogens with one attached hydrogen (secondary N) is 1. The van der Waals surface area contributed by atoms with Crippen LogP contribution in [0.3, 0.4) is 0 Å². The predicted octanol–water partition coefficient (Wildman–Crippen LogP) is 4.37. The first-order valence-electron chi connectivity index (χ1n) is 6.54. The number of nitrogens with zero attached hydrogens (tertiary/aromatic N) is 2. The zero-order valence-electron chi connectivity index (χ0n) is 11.2. The normalized spacial score (nSPS) is 10.3. The van der Waals surface area contributed by atoms with Crippen molar-refractivity contribution in [2.24, 2.45) is 0 Å². The number of anilines is 1. The Morgan fingerprint density at radius 2 is 1.90 bits per heavy atom. The Labute approximate surface area is 127 Å². The molecule has 1 N–H and O–H groups in total. The van der Waals surface area contributed by atoms with Crippen LogP contribution in [0, 0.1) is 11.3 Å². The molecule has 0 spiro atoms. The summed E-state index contributed by atoms with van der Waals surface area (Å²) >= 11 is 6.16. The summed E-state index contributed by atoms with van der Waals surface area (Å²) in [5, 5.41) is 13.8.